The summed E-state index contributed by atoms with van der Waals surface area (Å²) in [6.07, 6.45) is 0.246. The maximum atomic E-state index is 12.9. The summed E-state index contributed by atoms with van der Waals surface area (Å²) < 4.78 is 12.9. The maximum Gasteiger partial charge on any atom is 0.143 e. The first kappa shape index (κ1) is 10.7. The minimum Gasteiger partial charge on any atom is -0.505 e. The van der Waals surface area contributed by atoms with E-state index in [0.717, 1.165) is 12.1 Å². The molecule has 0 heterocycles. The zero-order valence-electron chi connectivity index (χ0n) is 7.57. The Kier molecular flexibility index (Phi) is 3.27. The van der Waals surface area contributed by atoms with Crippen molar-refractivity contribution in [2.45, 2.75) is 12.5 Å². The van der Waals surface area contributed by atoms with Crippen molar-refractivity contribution in [2.24, 2.45) is 5.73 Å². The molecule has 0 aromatic heterocycles. The molecule has 1 aromatic rings. The van der Waals surface area contributed by atoms with Crippen LogP contribution in [0.4, 0.5) is 10.1 Å². The van der Waals surface area contributed by atoms with Gasteiger partial charge in [0.05, 0.1) is 5.69 Å². The summed E-state index contributed by atoms with van der Waals surface area (Å²) >= 11 is 0. The molecule has 1 atom stereocenters. The average Bonchev–Trinajstić information content (AvgIpc) is 2.11. The third kappa shape index (κ3) is 2.12. The Labute approximate surface area is 81.0 Å². The molecule has 0 saturated carbocycles. The fraction of sp³-hybridized carbons (Fsp3) is 0.333. The lowest BCUT2D eigenvalue weighted by Gasteiger charge is -2.13. The Balaban J connectivity index is 3.07. The minimum absolute atomic E-state index is 0.0478. The Bertz CT molecular complexity index is 331. The highest BCUT2D eigenvalue weighted by atomic mass is 19.1. The molecule has 6 N–H and O–H groups in total. The molecule has 5 heteroatoms. The van der Waals surface area contributed by atoms with E-state index in [0.29, 0.717) is 0 Å². The van der Waals surface area contributed by atoms with Crippen molar-refractivity contribution in [2.75, 3.05) is 12.3 Å². The van der Waals surface area contributed by atoms with Gasteiger partial charge < -0.3 is 21.7 Å². The molecule has 0 spiro atoms. The van der Waals surface area contributed by atoms with Crippen LogP contribution in [0, 0.1) is 5.82 Å². The standard InChI is InChI=1S/C9H13FN2O2/c10-5-3-6(7(11)1-2-13)9(14)8(12)4-5/h3-4,7,13-14H,1-2,11-12H2/t7-/m1/s1. The molecule has 4 nitrogen and oxygen atoms in total. The second-order valence-corrected chi connectivity index (χ2v) is 3.05. The van der Waals surface area contributed by atoms with Gasteiger partial charge in [-0.05, 0) is 12.5 Å². The van der Waals surface area contributed by atoms with Gasteiger partial charge in [-0.1, -0.05) is 0 Å². The summed E-state index contributed by atoms with van der Waals surface area (Å²) in [5, 5.41) is 18.1. The zero-order chi connectivity index (χ0) is 10.7. The van der Waals surface area contributed by atoms with E-state index in [1.165, 1.54) is 0 Å². The molecule has 0 amide bonds. The van der Waals surface area contributed by atoms with Gasteiger partial charge in [0.15, 0.2) is 0 Å². The Morgan fingerprint density at radius 2 is 2.07 bits per heavy atom. The molecular weight excluding hydrogens is 187 g/mol. The summed E-state index contributed by atoms with van der Waals surface area (Å²) in [5.41, 5.74) is 11.1. The number of phenolic OH excluding ortho intramolecular Hbond substituents is 1. The zero-order valence-corrected chi connectivity index (χ0v) is 7.57. The van der Waals surface area contributed by atoms with Crippen molar-refractivity contribution in [1.82, 2.24) is 0 Å². The van der Waals surface area contributed by atoms with Gasteiger partial charge in [-0.2, -0.15) is 0 Å². The smallest absolute Gasteiger partial charge is 0.143 e. The van der Waals surface area contributed by atoms with Crippen LogP contribution in [0.2, 0.25) is 0 Å². The topological polar surface area (TPSA) is 92.5 Å². The highest BCUT2D eigenvalue weighted by Crippen LogP contribution is 2.31. The van der Waals surface area contributed by atoms with Crippen LogP contribution in [0.3, 0.4) is 0 Å². The first-order valence-electron chi connectivity index (χ1n) is 4.20. The molecular formula is C9H13FN2O2. The van der Waals surface area contributed by atoms with Crippen LogP contribution in [-0.2, 0) is 0 Å². The van der Waals surface area contributed by atoms with Crippen molar-refractivity contribution in [3.8, 4) is 5.75 Å². The number of halogens is 1. The van der Waals surface area contributed by atoms with E-state index >= 15 is 0 Å². The van der Waals surface area contributed by atoms with Gasteiger partial charge >= 0.3 is 0 Å². The molecule has 0 unspecified atom stereocenters. The highest BCUT2D eigenvalue weighted by Gasteiger charge is 2.14. The van der Waals surface area contributed by atoms with Crippen molar-refractivity contribution in [3.63, 3.8) is 0 Å². The van der Waals surface area contributed by atoms with Gasteiger partial charge in [0.2, 0.25) is 0 Å². The number of aromatic hydroxyl groups is 1. The number of anilines is 1. The molecule has 0 aliphatic heterocycles. The normalized spacial score (nSPS) is 12.8. The molecule has 1 aromatic carbocycles. The fourth-order valence-electron chi connectivity index (χ4n) is 1.22. The Morgan fingerprint density at radius 1 is 1.43 bits per heavy atom. The molecule has 0 radical (unpaired) electrons. The van der Waals surface area contributed by atoms with Gasteiger partial charge in [0.25, 0.3) is 0 Å². The van der Waals surface area contributed by atoms with Crippen molar-refractivity contribution in [3.05, 3.63) is 23.5 Å². The van der Waals surface area contributed by atoms with Crippen LogP contribution in [-0.4, -0.2) is 16.8 Å². The lowest BCUT2D eigenvalue weighted by atomic mass is 10.0. The van der Waals surface area contributed by atoms with Crippen LogP contribution in [0.25, 0.3) is 0 Å². The van der Waals surface area contributed by atoms with Gasteiger partial charge in [-0.25, -0.2) is 4.39 Å². The van der Waals surface area contributed by atoms with Gasteiger partial charge in [-0.15, -0.1) is 0 Å². The van der Waals surface area contributed by atoms with Crippen molar-refractivity contribution in [1.29, 1.82) is 0 Å². The summed E-state index contributed by atoms with van der Waals surface area (Å²) in [5.74, 6) is -0.768. The quantitative estimate of drug-likeness (QED) is 0.422. The number of aliphatic hydroxyl groups excluding tert-OH is 1. The van der Waals surface area contributed by atoms with E-state index in [1.54, 1.807) is 0 Å². The van der Waals surface area contributed by atoms with E-state index in [2.05, 4.69) is 0 Å². The number of nitrogen functional groups attached to an aromatic ring is 1. The molecule has 0 fully saturated rings. The number of rotatable bonds is 3. The largest absolute Gasteiger partial charge is 0.505 e. The van der Waals surface area contributed by atoms with E-state index in [9.17, 15) is 9.50 Å². The van der Waals surface area contributed by atoms with E-state index < -0.39 is 11.9 Å². The van der Waals surface area contributed by atoms with Crippen molar-refractivity contribution < 1.29 is 14.6 Å². The summed E-state index contributed by atoms with van der Waals surface area (Å²) in [7, 11) is 0. The summed E-state index contributed by atoms with van der Waals surface area (Å²) in [4.78, 5) is 0. The molecule has 0 aliphatic rings. The van der Waals surface area contributed by atoms with Crippen LogP contribution < -0.4 is 11.5 Å². The molecule has 0 saturated heterocycles. The third-order valence-electron chi connectivity index (χ3n) is 1.97. The van der Waals surface area contributed by atoms with Gasteiger partial charge in [-0.3, -0.25) is 0 Å². The minimum atomic E-state index is -0.613. The molecule has 14 heavy (non-hydrogen) atoms. The van der Waals surface area contributed by atoms with Crippen LogP contribution in [0.15, 0.2) is 12.1 Å². The van der Waals surface area contributed by atoms with E-state index in [1.807, 2.05) is 0 Å². The Morgan fingerprint density at radius 3 is 2.64 bits per heavy atom. The molecule has 78 valence electrons. The SMILES string of the molecule is Nc1cc(F)cc([C@H](N)CCO)c1O. The van der Waals surface area contributed by atoms with Crippen molar-refractivity contribution >= 4 is 5.69 Å². The number of benzene rings is 1. The van der Waals surface area contributed by atoms with Gasteiger partial charge in [0.1, 0.15) is 11.6 Å². The average molecular weight is 200 g/mol. The number of phenols is 1. The Hall–Kier alpha value is -1.33. The second-order valence-electron chi connectivity index (χ2n) is 3.05. The number of aliphatic hydroxyl groups is 1. The van der Waals surface area contributed by atoms with E-state index in [-0.39, 0.29) is 30.0 Å². The lowest BCUT2D eigenvalue weighted by Crippen LogP contribution is -2.13. The number of hydrogen-bond donors (Lipinski definition) is 4. The lowest BCUT2D eigenvalue weighted by molar-refractivity contribution is 0.275. The highest BCUT2D eigenvalue weighted by molar-refractivity contribution is 5.57. The maximum absolute atomic E-state index is 12.9. The third-order valence-corrected chi connectivity index (χ3v) is 1.97. The molecule has 0 aliphatic carbocycles. The van der Waals surface area contributed by atoms with Gasteiger partial charge in [0, 0.05) is 24.3 Å². The predicted molar refractivity (Wildman–Crippen MR) is 51.1 cm³/mol. The first-order valence-corrected chi connectivity index (χ1v) is 4.20. The number of nitrogens with two attached hydrogens (primary N) is 2. The predicted octanol–water partition coefficient (Wildman–Crippen LogP) is 0.496. The van der Waals surface area contributed by atoms with Crippen LogP contribution >= 0.6 is 0 Å². The molecule has 1 rings (SSSR count). The fourth-order valence-corrected chi connectivity index (χ4v) is 1.22. The number of hydrogen-bond acceptors (Lipinski definition) is 4. The van der Waals surface area contributed by atoms with E-state index in [4.69, 9.17) is 16.6 Å². The molecule has 0 bridgehead atoms. The summed E-state index contributed by atoms with van der Waals surface area (Å²) in [6.45, 7) is -0.128. The summed E-state index contributed by atoms with van der Waals surface area (Å²) in [6, 6.07) is 1.52. The monoisotopic (exact) mass is 200 g/mol. The second kappa shape index (κ2) is 4.26. The van der Waals surface area contributed by atoms with Crippen LogP contribution in [0.5, 0.6) is 5.75 Å². The van der Waals surface area contributed by atoms with Crippen LogP contribution in [0.1, 0.15) is 18.0 Å². The first-order chi connectivity index (χ1) is 6.56.